The second kappa shape index (κ2) is 4.76. The number of hydrogen-bond acceptors (Lipinski definition) is 1. The summed E-state index contributed by atoms with van der Waals surface area (Å²) in [6.45, 7) is 3.64. The zero-order valence-electron chi connectivity index (χ0n) is 8.05. The normalized spacial score (nSPS) is 19.1. The summed E-state index contributed by atoms with van der Waals surface area (Å²) in [6, 6.07) is -0.0343. The van der Waals surface area contributed by atoms with Gasteiger partial charge in [-0.2, -0.15) is 0 Å². The fraction of sp³-hybridized carbons (Fsp3) is 0.700. The van der Waals surface area contributed by atoms with Crippen LogP contribution in [0.5, 0.6) is 0 Å². The first kappa shape index (κ1) is 9.91. The predicted octanol–water partition coefficient (Wildman–Crippen LogP) is 1.20. The van der Waals surface area contributed by atoms with Crippen LogP contribution in [-0.2, 0) is 0 Å². The molecule has 2 amide bonds. The summed E-state index contributed by atoms with van der Waals surface area (Å²) in [5.41, 5.74) is 0. The van der Waals surface area contributed by atoms with Crippen molar-refractivity contribution in [2.75, 3.05) is 13.1 Å². The molecular weight excluding hydrogens is 164 g/mol. The van der Waals surface area contributed by atoms with Crippen LogP contribution >= 0.6 is 0 Å². The first-order valence-corrected chi connectivity index (χ1v) is 4.80. The maximum atomic E-state index is 11.4. The molecule has 0 spiro atoms. The molecule has 0 aliphatic carbocycles. The van der Waals surface area contributed by atoms with E-state index >= 15 is 0 Å². The first-order valence-electron chi connectivity index (χ1n) is 4.80. The van der Waals surface area contributed by atoms with Gasteiger partial charge in [0, 0.05) is 13.1 Å². The van der Waals surface area contributed by atoms with E-state index in [1.807, 2.05) is 0 Å². The van der Waals surface area contributed by atoms with Crippen LogP contribution in [0.1, 0.15) is 26.2 Å². The van der Waals surface area contributed by atoms with Gasteiger partial charge in [0.25, 0.3) is 0 Å². The lowest BCUT2D eigenvalue weighted by Gasteiger charge is -2.31. The van der Waals surface area contributed by atoms with Crippen LogP contribution in [-0.4, -0.2) is 30.1 Å². The van der Waals surface area contributed by atoms with Gasteiger partial charge in [-0.15, -0.1) is 6.42 Å². The summed E-state index contributed by atoms with van der Waals surface area (Å²) in [4.78, 5) is 13.1. The monoisotopic (exact) mass is 180 g/mol. The van der Waals surface area contributed by atoms with Gasteiger partial charge in [0.15, 0.2) is 0 Å². The number of carbonyl (C=O) groups excluding carboxylic acids is 1. The molecule has 0 aromatic rings. The average molecular weight is 180 g/mol. The predicted molar refractivity (Wildman–Crippen MR) is 52.3 cm³/mol. The van der Waals surface area contributed by atoms with Crippen LogP contribution in [0.25, 0.3) is 0 Å². The molecule has 0 aromatic heterocycles. The van der Waals surface area contributed by atoms with Crippen LogP contribution in [0, 0.1) is 12.3 Å². The molecular formula is C10H16N2O. The molecule has 1 unspecified atom stereocenters. The Labute approximate surface area is 79.5 Å². The Hall–Kier alpha value is -1.17. The number of nitrogens with one attached hydrogen (secondary N) is 1. The second-order valence-electron chi connectivity index (χ2n) is 3.25. The molecule has 3 nitrogen and oxygen atoms in total. The zero-order valence-corrected chi connectivity index (χ0v) is 8.05. The van der Waals surface area contributed by atoms with Crippen molar-refractivity contribution in [1.29, 1.82) is 0 Å². The highest BCUT2D eigenvalue weighted by Crippen LogP contribution is 2.09. The molecule has 0 aromatic carbocycles. The van der Waals surface area contributed by atoms with E-state index in [0.29, 0.717) is 0 Å². The first-order chi connectivity index (χ1) is 6.29. The molecule has 0 saturated carbocycles. The standard InChI is InChI=1S/C10H16N2O/c1-3-6-9(4-2)12-8-5-7-11-10(12)13/h2,9H,3,5-8H2,1H3,(H,11,13). The number of urea groups is 1. The highest BCUT2D eigenvalue weighted by molar-refractivity contribution is 5.75. The Bertz CT molecular complexity index is 219. The largest absolute Gasteiger partial charge is 0.338 e. The molecule has 1 saturated heterocycles. The summed E-state index contributed by atoms with van der Waals surface area (Å²) < 4.78 is 0. The van der Waals surface area contributed by atoms with Crippen molar-refractivity contribution in [1.82, 2.24) is 10.2 Å². The minimum absolute atomic E-state index is 0.0114. The summed E-state index contributed by atoms with van der Waals surface area (Å²) in [5, 5.41) is 2.80. The zero-order chi connectivity index (χ0) is 9.68. The topological polar surface area (TPSA) is 32.3 Å². The van der Waals surface area contributed by atoms with Crippen LogP contribution < -0.4 is 5.32 Å². The van der Waals surface area contributed by atoms with Gasteiger partial charge in [0.05, 0.1) is 6.04 Å². The quantitative estimate of drug-likeness (QED) is 0.650. The highest BCUT2D eigenvalue weighted by atomic mass is 16.2. The number of nitrogens with zero attached hydrogens (tertiary/aromatic N) is 1. The van der Waals surface area contributed by atoms with E-state index in [-0.39, 0.29) is 12.1 Å². The van der Waals surface area contributed by atoms with Gasteiger partial charge in [-0.1, -0.05) is 19.3 Å². The van der Waals surface area contributed by atoms with Crippen molar-refractivity contribution in [2.45, 2.75) is 32.2 Å². The summed E-state index contributed by atoms with van der Waals surface area (Å²) >= 11 is 0. The van der Waals surface area contributed by atoms with Gasteiger partial charge < -0.3 is 10.2 Å². The van der Waals surface area contributed by atoms with E-state index in [0.717, 1.165) is 32.4 Å². The van der Waals surface area contributed by atoms with Crippen molar-refractivity contribution in [3.8, 4) is 12.3 Å². The molecule has 1 heterocycles. The summed E-state index contributed by atoms with van der Waals surface area (Å²) in [7, 11) is 0. The molecule has 0 bridgehead atoms. The third-order valence-corrected chi connectivity index (χ3v) is 2.24. The lowest BCUT2D eigenvalue weighted by atomic mass is 10.1. The number of amides is 2. The van der Waals surface area contributed by atoms with Crippen LogP contribution in [0.15, 0.2) is 0 Å². The van der Waals surface area contributed by atoms with E-state index in [1.165, 1.54) is 0 Å². The molecule has 1 aliphatic heterocycles. The second-order valence-corrected chi connectivity index (χ2v) is 3.25. The van der Waals surface area contributed by atoms with Gasteiger partial charge in [0.2, 0.25) is 0 Å². The SMILES string of the molecule is C#CC(CCC)N1CCCNC1=O. The lowest BCUT2D eigenvalue weighted by molar-refractivity contribution is 0.172. The maximum absolute atomic E-state index is 11.4. The number of carbonyl (C=O) groups is 1. The molecule has 1 aliphatic rings. The number of terminal acetylenes is 1. The third kappa shape index (κ3) is 2.38. The van der Waals surface area contributed by atoms with E-state index in [9.17, 15) is 4.79 Å². The number of hydrogen-bond donors (Lipinski definition) is 1. The Balaban J connectivity index is 2.56. The molecule has 1 fully saturated rings. The summed E-state index contributed by atoms with van der Waals surface area (Å²) in [6.07, 6.45) is 8.28. The van der Waals surface area contributed by atoms with E-state index in [1.54, 1.807) is 4.90 Å². The smallest absolute Gasteiger partial charge is 0.318 e. The maximum Gasteiger partial charge on any atom is 0.318 e. The molecule has 13 heavy (non-hydrogen) atoms. The third-order valence-electron chi connectivity index (χ3n) is 2.24. The Morgan fingerprint density at radius 3 is 3.08 bits per heavy atom. The fourth-order valence-electron chi connectivity index (χ4n) is 1.55. The van der Waals surface area contributed by atoms with Crippen molar-refractivity contribution in [3.63, 3.8) is 0 Å². The lowest BCUT2D eigenvalue weighted by Crippen LogP contribution is -2.50. The highest BCUT2D eigenvalue weighted by Gasteiger charge is 2.23. The van der Waals surface area contributed by atoms with Crippen molar-refractivity contribution < 1.29 is 4.79 Å². The van der Waals surface area contributed by atoms with Crippen molar-refractivity contribution in [3.05, 3.63) is 0 Å². The van der Waals surface area contributed by atoms with Gasteiger partial charge >= 0.3 is 6.03 Å². The van der Waals surface area contributed by atoms with Crippen LogP contribution in [0.4, 0.5) is 4.79 Å². The van der Waals surface area contributed by atoms with E-state index in [2.05, 4.69) is 18.2 Å². The Morgan fingerprint density at radius 2 is 2.54 bits per heavy atom. The minimum atomic E-state index is -0.0229. The number of rotatable bonds is 3. The van der Waals surface area contributed by atoms with Crippen molar-refractivity contribution >= 4 is 6.03 Å². The molecule has 3 heteroatoms. The van der Waals surface area contributed by atoms with E-state index < -0.39 is 0 Å². The van der Waals surface area contributed by atoms with Gasteiger partial charge in [0.1, 0.15) is 0 Å². The Kier molecular flexibility index (Phi) is 3.63. The summed E-state index contributed by atoms with van der Waals surface area (Å²) in [5.74, 6) is 2.67. The molecule has 1 rings (SSSR count). The minimum Gasteiger partial charge on any atom is -0.338 e. The van der Waals surface area contributed by atoms with Gasteiger partial charge in [-0.25, -0.2) is 4.79 Å². The molecule has 1 N–H and O–H groups in total. The fourth-order valence-corrected chi connectivity index (χ4v) is 1.55. The molecule has 1 atom stereocenters. The van der Waals surface area contributed by atoms with Crippen molar-refractivity contribution in [2.24, 2.45) is 0 Å². The van der Waals surface area contributed by atoms with Crippen LogP contribution in [0.2, 0.25) is 0 Å². The van der Waals surface area contributed by atoms with Gasteiger partial charge in [-0.05, 0) is 12.8 Å². The van der Waals surface area contributed by atoms with E-state index in [4.69, 9.17) is 6.42 Å². The molecule has 0 radical (unpaired) electrons. The van der Waals surface area contributed by atoms with Gasteiger partial charge in [-0.3, -0.25) is 0 Å². The average Bonchev–Trinajstić information content (AvgIpc) is 2.16. The molecule has 72 valence electrons. The van der Waals surface area contributed by atoms with Crippen LogP contribution in [0.3, 0.4) is 0 Å². The Morgan fingerprint density at radius 1 is 1.77 bits per heavy atom.